The number of methoxy groups -OCH3 is 3. The topological polar surface area (TPSA) is 104 Å². The van der Waals surface area contributed by atoms with Gasteiger partial charge in [-0.15, -0.1) is 0 Å². The first-order valence-corrected chi connectivity index (χ1v) is 9.65. The zero-order valence-corrected chi connectivity index (χ0v) is 17.3. The third-order valence-electron chi connectivity index (χ3n) is 5.36. The number of non-ortho nitro benzene ring substituents is 1. The van der Waals surface area contributed by atoms with Crippen LogP contribution in [-0.4, -0.2) is 45.2 Å². The van der Waals surface area contributed by atoms with Crippen LogP contribution in [0.15, 0.2) is 36.4 Å². The maximum absolute atomic E-state index is 12.7. The molecule has 2 aromatic carbocycles. The second-order valence-electron chi connectivity index (χ2n) is 7.08. The second-order valence-corrected chi connectivity index (χ2v) is 7.08. The van der Waals surface area contributed by atoms with E-state index < -0.39 is 4.92 Å². The number of benzene rings is 2. The van der Waals surface area contributed by atoms with Crippen molar-refractivity contribution < 1.29 is 28.8 Å². The van der Waals surface area contributed by atoms with E-state index in [-0.39, 0.29) is 29.9 Å². The minimum Gasteiger partial charge on any atom is -0.497 e. The Kier molecular flexibility index (Phi) is 6.73. The molecule has 0 spiro atoms. The molecule has 1 fully saturated rings. The Bertz CT molecular complexity index is 933. The van der Waals surface area contributed by atoms with E-state index in [9.17, 15) is 14.9 Å². The lowest BCUT2D eigenvalue weighted by Crippen LogP contribution is -3.11. The van der Waals surface area contributed by atoms with Gasteiger partial charge in [0.25, 0.3) is 11.6 Å². The summed E-state index contributed by atoms with van der Waals surface area (Å²) in [6.45, 7) is 1.13. The van der Waals surface area contributed by atoms with Crippen molar-refractivity contribution in [1.82, 2.24) is 0 Å². The molecule has 160 valence electrons. The van der Waals surface area contributed by atoms with Gasteiger partial charge < -0.3 is 24.4 Å². The SMILES string of the molecule is COc1ccc([C@@H]2CCC[NH+]2CC(=O)Nc2ccc([N+](=O)[O-])cc2OC)c(OC)c1. The van der Waals surface area contributed by atoms with Crippen LogP contribution in [0.3, 0.4) is 0 Å². The number of carbonyl (C=O) groups excluding carboxylic acids is 1. The van der Waals surface area contributed by atoms with Crippen molar-refractivity contribution in [2.24, 2.45) is 0 Å². The zero-order valence-electron chi connectivity index (χ0n) is 17.3. The molecule has 1 amide bonds. The van der Waals surface area contributed by atoms with Crippen LogP contribution in [0, 0.1) is 10.1 Å². The highest BCUT2D eigenvalue weighted by Crippen LogP contribution is 2.32. The van der Waals surface area contributed by atoms with Crippen LogP contribution in [0.5, 0.6) is 17.2 Å². The van der Waals surface area contributed by atoms with Gasteiger partial charge in [0.05, 0.1) is 50.1 Å². The summed E-state index contributed by atoms with van der Waals surface area (Å²) in [6, 6.07) is 10.00. The summed E-state index contributed by atoms with van der Waals surface area (Å²) in [5, 5.41) is 13.8. The third kappa shape index (κ3) is 4.62. The first kappa shape index (κ1) is 21.4. The number of anilines is 1. The van der Waals surface area contributed by atoms with Crippen LogP contribution in [0.2, 0.25) is 0 Å². The Morgan fingerprint density at radius 2 is 1.90 bits per heavy atom. The summed E-state index contributed by atoms with van der Waals surface area (Å²) in [5.74, 6) is 1.54. The summed E-state index contributed by atoms with van der Waals surface area (Å²) in [5.41, 5.74) is 1.36. The van der Waals surface area contributed by atoms with Crippen molar-refractivity contribution in [3.63, 3.8) is 0 Å². The van der Waals surface area contributed by atoms with E-state index in [0.717, 1.165) is 41.3 Å². The number of nitrogens with zero attached hydrogens (tertiary/aromatic N) is 1. The van der Waals surface area contributed by atoms with E-state index in [4.69, 9.17) is 14.2 Å². The van der Waals surface area contributed by atoms with Gasteiger partial charge >= 0.3 is 0 Å². The zero-order chi connectivity index (χ0) is 21.7. The van der Waals surface area contributed by atoms with E-state index in [1.807, 2.05) is 18.2 Å². The highest BCUT2D eigenvalue weighted by Gasteiger charge is 2.34. The predicted molar refractivity (Wildman–Crippen MR) is 110 cm³/mol. The number of amides is 1. The van der Waals surface area contributed by atoms with Crippen molar-refractivity contribution in [2.45, 2.75) is 18.9 Å². The van der Waals surface area contributed by atoms with Crippen LogP contribution in [-0.2, 0) is 4.79 Å². The highest BCUT2D eigenvalue weighted by atomic mass is 16.6. The van der Waals surface area contributed by atoms with E-state index in [1.54, 1.807) is 14.2 Å². The van der Waals surface area contributed by atoms with Crippen LogP contribution in [0.1, 0.15) is 24.4 Å². The lowest BCUT2D eigenvalue weighted by molar-refractivity contribution is -0.910. The van der Waals surface area contributed by atoms with Crippen molar-refractivity contribution in [1.29, 1.82) is 0 Å². The molecule has 3 rings (SSSR count). The molecule has 0 aliphatic carbocycles. The molecular formula is C21H26N3O6+. The molecule has 30 heavy (non-hydrogen) atoms. The van der Waals surface area contributed by atoms with Crippen molar-refractivity contribution >= 4 is 17.3 Å². The molecule has 1 heterocycles. The maximum Gasteiger partial charge on any atom is 0.279 e. The second kappa shape index (κ2) is 9.45. The number of rotatable bonds is 8. The first-order valence-electron chi connectivity index (χ1n) is 9.65. The lowest BCUT2D eigenvalue weighted by atomic mass is 10.0. The Morgan fingerprint density at radius 3 is 2.57 bits per heavy atom. The van der Waals surface area contributed by atoms with Crippen molar-refractivity contribution in [3.05, 3.63) is 52.1 Å². The third-order valence-corrected chi connectivity index (χ3v) is 5.36. The van der Waals surface area contributed by atoms with E-state index >= 15 is 0 Å². The maximum atomic E-state index is 12.7. The molecular weight excluding hydrogens is 390 g/mol. The van der Waals surface area contributed by atoms with Crippen molar-refractivity contribution in [2.75, 3.05) is 39.7 Å². The van der Waals surface area contributed by atoms with Crippen LogP contribution < -0.4 is 24.4 Å². The van der Waals surface area contributed by atoms with Gasteiger partial charge in [0.1, 0.15) is 23.3 Å². The molecule has 2 N–H and O–H groups in total. The minimum atomic E-state index is -0.505. The molecule has 1 unspecified atom stereocenters. The molecule has 0 saturated carbocycles. The predicted octanol–water partition coefficient (Wildman–Crippen LogP) is 1.98. The number of quaternary nitrogens is 1. The largest absolute Gasteiger partial charge is 0.497 e. The normalized spacial score (nSPS) is 18.0. The Hall–Kier alpha value is -3.33. The van der Waals surface area contributed by atoms with Crippen LogP contribution >= 0.6 is 0 Å². The summed E-state index contributed by atoms with van der Waals surface area (Å²) in [7, 11) is 4.64. The van der Waals surface area contributed by atoms with Crippen LogP contribution in [0.4, 0.5) is 11.4 Å². The molecule has 9 heteroatoms. The smallest absolute Gasteiger partial charge is 0.279 e. The molecule has 1 aliphatic heterocycles. The average molecular weight is 416 g/mol. The molecule has 0 bridgehead atoms. The Balaban J connectivity index is 1.73. The number of hydrogen-bond acceptors (Lipinski definition) is 6. The summed E-state index contributed by atoms with van der Waals surface area (Å²) >= 11 is 0. The average Bonchev–Trinajstić information content (AvgIpc) is 3.20. The quantitative estimate of drug-likeness (QED) is 0.504. The number of nitro benzene ring substituents is 1. The van der Waals surface area contributed by atoms with E-state index in [1.165, 1.54) is 25.3 Å². The Morgan fingerprint density at radius 1 is 1.13 bits per heavy atom. The molecule has 0 aromatic heterocycles. The van der Waals surface area contributed by atoms with Gasteiger partial charge in [0, 0.05) is 25.0 Å². The fourth-order valence-corrected chi connectivity index (χ4v) is 3.90. The fourth-order valence-electron chi connectivity index (χ4n) is 3.90. The summed E-state index contributed by atoms with van der Waals surface area (Å²) < 4.78 is 16.0. The monoisotopic (exact) mass is 416 g/mol. The minimum absolute atomic E-state index is 0.0957. The van der Waals surface area contributed by atoms with E-state index in [0.29, 0.717) is 5.69 Å². The molecule has 1 aliphatic rings. The first-order chi connectivity index (χ1) is 14.5. The van der Waals surface area contributed by atoms with Gasteiger partial charge in [0.2, 0.25) is 0 Å². The molecule has 9 nitrogen and oxygen atoms in total. The van der Waals surface area contributed by atoms with Crippen LogP contribution in [0.25, 0.3) is 0 Å². The van der Waals surface area contributed by atoms with Gasteiger partial charge in [-0.1, -0.05) is 0 Å². The molecule has 1 saturated heterocycles. The number of ether oxygens (including phenoxy) is 3. The fraction of sp³-hybridized carbons (Fsp3) is 0.381. The number of nitro groups is 1. The molecule has 2 atom stereocenters. The van der Waals surface area contributed by atoms with Gasteiger partial charge in [-0.05, 0) is 18.2 Å². The van der Waals surface area contributed by atoms with Gasteiger partial charge in [-0.3, -0.25) is 14.9 Å². The number of hydrogen-bond donors (Lipinski definition) is 2. The summed E-state index contributed by atoms with van der Waals surface area (Å²) in [4.78, 5) is 24.3. The Labute approximate surface area is 174 Å². The van der Waals surface area contributed by atoms with Crippen molar-refractivity contribution in [3.8, 4) is 17.2 Å². The molecule has 2 aromatic rings. The molecule has 0 radical (unpaired) electrons. The highest BCUT2D eigenvalue weighted by molar-refractivity contribution is 5.93. The number of carbonyl (C=O) groups is 1. The van der Waals surface area contributed by atoms with Gasteiger partial charge in [-0.2, -0.15) is 0 Å². The van der Waals surface area contributed by atoms with Gasteiger partial charge in [0.15, 0.2) is 6.54 Å². The standard InChI is InChI=1S/C21H25N3O6/c1-28-15-7-8-16(19(12-15)29-2)18-5-4-10-23(18)13-21(25)22-17-9-6-14(24(26)27)11-20(17)30-3/h6-9,11-12,18H,4-5,10,13H2,1-3H3,(H,22,25)/p+1/t18-/m0/s1. The number of nitrogens with one attached hydrogen (secondary N) is 2. The lowest BCUT2D eigenvalue weighted by Gasteiger charge is -2.23. The van der Waals surface area contributed by atoms with Gasteiger partial charge in [-0.25, -0.2) is 0 Å². The number of likely N-dealkylation sites (tertiary alicyclic amines) is 1. The summed E-state index contributed by atoms with van der Waals surface area (Å²) in [6.07, 6.45) is 1.95. The van der Waals surface area contributed by atoms with E-state index in [2.05, 4.69) is 5.32 Å².